The molecule has 0 aliphatic rings. The maximum atomic E-state index is 12.4. The SMILES string of the molecule is COc1ccc([C@@H](OC(=O)Nc2ccc(Br)cc2)[C@H](C)/C=C/C(=O)O)cc1O. The van der Waals surface area contributed by atoms with E-state index in [1.54, 1.807) is 43.3 Å². The van der Waals surface area contributed by atoms with E-state index in [4.69, 9.17) is 14.6 Å². The average Bonchev–Trinajstić information content (AvgIpc) is 2.66. The first-order valence-corrected chi connectivity index (χ1v) is 9.10. The topological polar surface area (TPSA) is 105 Å². The Morgan fingerprint density at radius 2 is 1.86 bits per heavy atom. The normalized spacial score (nSPS) is 13.0. The monoisotopic (exact) mass is 449 g/mol. The van der Waals surface area contributed by atoms with E-state index >= 15 is 0 Å². The van der Waals surface area contributed by atoms with Gasteiger partial charge in [-0.15, -0.1) is 0 Å². The van der Waals surface area contributed by atoms with Crippen molar-refractivity contribution in [2.45, 2.75) is 13.0 Å². The van der Waals surface area contributed by atoms with Crippen molar-refractivity contribution in [1.82, 2.24) is 0 Å². The van der Waals surface area contributed by atoms with Crippen LogP contribution in [0.1, 0.15) is 18.6 Å². The number of aliphatic carboxylic acids is 1. The second-order valence-corrected chi connectivity index (χ2v) is 6.86. The molecule has 1 amide bonds. The van der Waals surface area contributed by atoms with Crippen LogP contribution in [0.25, 0.3) is 0 Å². The predicted octanol–water partition coefficient (Wildman–Crippen LogP) is 4.73. The predicted molar refractivity (Wildman–Crippen MR) is 108 cm³/mol. The minimum Gasteiger partial charge on any atom is -0.504 e. The van der Waals surface area contributed by atoms with Gasteiger partial charge in [-0.1, -0.05) is 35.0 Å². The molecule has 0 unspecified atom stereocenters. The van der Waals surface area contributed by atoms with Gasteiger partial charge in [-0.2, -0.15) is 0 Å². The van der Waals surface area contributed by atoms with Crippen molar-refractivity contribution in [2.24, 2.45) is 5.92 Å². The van der Waals surface area contributed by atoms with Crippen LogP contribution in [0, 0.1) is 5.92 Å². The Bertz CT molecular complexity index is 865. The zero-order valence-corrected chi connectivity index (χ0v) is 16.8. The minimum atomic E-state index is -1.11. The minimum absolute atomic E-state index is 0.115. The smallest absolute Gasteiger partial charge is 0.412 e. The van der Waals surface area contributed by atoms with Crippen molar-refractivity contribution in [1.29, 1.82) is 0 Å². The molecule has 3 N–H and O–H groups in total. The van der Waals surface area contributed by atoms with Crippen molar-refractivity contribution in [3.05, 3.63) is 64.7 Å². The molecule has 28 heavy (non-hydrogen) atoms. The number of aromatic hydroxyl groups is 1. The number of ether oxygens (including phenoxy) is 2. The summed E-state index contributed by atoms with van der Waals surface area (Å²) in [5.41, 5.74) is 1.03. The summed E-state index contributed by atoms with van der Waals surface area (Å²) >= 11 is 3.32. The first kappa shape index (κ1) is 21.3. The number of anilines is 1. The summed E-state index contributed by atoms with van der Waals surface area (Å²) in [6, 6.07) is 11.5. The highest BCUT2D eigenvalue weighted by Crippen LogP contribution is 2.34. The molecule has 8 heteroatoms. The molecule has 7 nitrogen and oxygen atoms in total. The van der Waals surface area contributed by atoms with E-state index in [2.05, 4.69) is 21.2 Å². The number of carboxylic acids is 1. The van der Waals surface area contributed by atoms with Crippen molar-refractivity contribution in [3.8, 4) is 11.5 Å². The Balaban J connectivity index is 2.24. The average molecular weight is 450 g/mol. The maximum absolute atomic E-state index is 12.4. The first-order chi connectivity index (χ1) is 13.3. The van der Waals surface area contributed by atoms with E-state index in [0.29, 0.717) is 11.3 Å². The third-order valence-corrected chi connectivity index (χ3v) is 4.40. The van der Waals surface area contributed by atoms with Crippen LogP contribution >= 0.6 is 15.9 Å². The molecule has 2 rings (SSSR count). The molecular weight excluding hydrogens is 430 g/mol. The van der Waals surface area contributed by atoms with E-state index in [0.717, 1.165) is 10.5 Å². The lowest BCUT2D eigenvalue weighted by Crippen LogP contribution is -2.21. The van der Waals surface area contributed by atoms with Gasteiger partial charge in [-0.05, 0) is 42.0 Å². The summed E-state index contributed by atoms with van der Waals surface area (Å²) in [6.45, 7) is 1.71. The van der Waals surface area contributed by atoms with Crippen molar-refractivity contribution in [2.75, 3.05) is 12.4 Å². The Kier molecular flexibility index (Phi) is 7.45. The standard InChI is InChI=1S/C20H20BrNO6/c1-12(3-10-18(24)25)19(13-4-9-17(27-2)16(23)11-13)28-20(26)22-15-7-5-14(21)6-8-15/h3-12,19,23H,1-2H3,(H,22,26)(H,24,25)/b10-3+/t12-,19+/m1/s1. The van der Waals surface area contributed by atoms with Gasteiger partial charge in [0.05, 0.1) is 7.11 Å². The lowest BCUT2D eigenvalue weighted by atomic mass is 9.96. The Labute approximate surface area is 170 Å². The maximum Gasteiger partial charge on any atom is 0.412 e. The molecule has 0 spiro atoms. The van der Waals surface area contributed by atoms with Gasteiger partial charge in [-0.3, -0.25) is 5.32 Å². The number of phenolic OH excluding ortho intramolecular Hbond substituents is 1. The van der Waals surface area contributed by atoms with Crippen LogP contribution in [0.4, 0.5) is 10.5 Å². The van der Waals surface area contributed by atoms with Crippen LogP contribution in [-0.4, -0.2) is 29.4 Å². The lowest BCUT2D eigenvalue weighted by molar-refractivity contribution is -0.131. The fourth-order valence-corrected chi connectivity index (χ4v) is 2.76. The molecule has 0 aliphatic heterocycles. The number of benzene rings is 2. The number of carboxylic acid groups (broad SMARTS) is 1. The number of halogens is 1. The number of rotatable bonds is 7. The summed E-state index contributed by atoms with van der Waals surface area (Å²) in [6.07, 6.45) is 0.860. The molecule has 0 fully saturated rings. The third kappa shape index (κ3) is 6.02. The number of carbonyl (C=O) groups excluding carboxylic acids is 1. The molecule has 2 aromatic carbocycles. The summed E-state index contributed by atoms with van der Waals surface area (Å²) in [5, 5.41) is 21.5. The second-order valence-electron chi connectivity index (χ2n) is 5.95. The van der Waals surface area contributed by atoms with Crippen LogP contribution in [0.5, 0.6) is 11.5 Å². The third-order valence-electron chi connectivity index (χ3n) is 3.88. The van der Waals surface area contributed by atoms with Gasteiger partial charge in [0.25, 0.3) is 0 Å². The Morgan fingerprint density at radius 1 is 1.18 bits per heavy atom. The lowest BCUT2D eigenvalue weighted by Gasteiger charge is -2.23. The molecule has 0 aliphatic carbocycles. The highest BCUT2D eigenvalue weighted by atomic mass is 79.9. The van der Waals surface area contributed by atoms with Crippen molar-refractivity contribution >= 4 is 33.7 Å². The first-order valence-electron chi connectivity index (χ1n) is 8.31. The number of hydrogen-bond donors (Lipinski definition) is 3. The van der Waals surface area contributed by atoms with Crippen molar-refractivity contribution < 1.29 is 29.3 Å². The van der Waals surface area contributed by atoms with E-state index in [-0.39, 0.29) is 11.5 Å². The molecular formula is C20H20BrNO6. The van der Waals surface area contributed by atoms with Gasteiger partial charge >= 0.3 is 12.1 Å². The molecule has 0 bridgehead atoms. The number of amides is 1. The quantitative estimate of drug-likeness (QED) is 0.527. The second kappa shape index (κ2) is 9.80. The van der Waals surface area contributed by atoms with Crippen LogP contribution in [0.2, 0.25) is 0 Å². The van der Waals surface area contributed by atoms with Gasteiger partial charge < -0.3 is 19.7 Å². The summed E-state index contributed by atoms with van der Waals surface area (Å²) in [5.74, 6) is -1.42. The fraction of sp³-hybridized carbons (Fsp3) is 0.200. The van der Waals surface area contributed by atoms with Crippen LogP contribution in [0.3, 0.4) is 0 Å². The number of nitrogens with one attached hydrogen (secondary N) is 1. The highest BCUT2D eigenvalue weighted by Gasteiger charge is 2.23. The van der Waals surface area contributed by atoms with E-state index in [1.807, 2.05) is 0 Å². The number of carbonyl (C=O) groups is 2. The van der Waals surface area contributed by atoms with Crippen LogP contribution in [0.15, 0.2) is 59.1 Å². The molecule has 2 aromatic rings. The zero-order chi connectivity index (χ0) is 20.7. The number of methoxy groups -OCH3 is 1. The van der Waals surface area contributed by atoms with Crippen LogP contribution < -0.4 is 10.1 Å². The van der Waals surface area contributed by atoms with Crippen molar-refractivity contribution in [3.63, 3.8) is 0 Å². The summed E-state index contributed by atoms with van der Waals surface area (Å²) in [4.78, 5) is 23.2. The van der Waals surface area contributed by atoms with Crippen LogP contribution in [-0.2, 0) is 9.53 Å². The zero-order valence-electron chi connectivity index (χ0n) is 15.3. The molecule has 0 radical (unpaired) electrons. The Morgan fingerprint density at radius 3 is 2.43 bits per heavy atom. The molecule has 0 heterocycles. The largest absolute Gasteiger partial charge is 0.504 e. The summed E-state index contributed by atoms with van der Waals surface area (Å²) < 4.78 is 11.4. The van der Waals surface area contributed by atoms with E-state index in [9.17, 15) is 14.7 Å². The number of hydrogen-bond acceptors (Lipinski definition) is 5. The highest BCUT2D eigenvalue weighted by molar-refractivity contribution is 9.10. The van der Waals surface area contributed by atoms with Gasteiger partial charge in [0.15, 0.2) is 11.5 Å². The van der Waals surface area contributed by atoms with Gasteiger partial charge in [0.1, 0.15) is 6.10 Å². The molecule has 0 aromatic heterocycles. The molecule has 0 saturated heterocycles. The van der Waals surface area contributed by atoms with Gasteiger partial charge in [0, 0.05) is 22.2 Å². The molecule has 0 saturated carbocycles. The molecule has 148 valence electrons. The molecule has 2 atom stereocenters. The van der Waals surface area contributed by atoms with Gasteiger partial charge in [0.2, 0.25) is 0 Å². The summed E-state index contributed by atoms with van der Waals surface area (Å²) in [7, 11) is 1.42. The number of phenols is 1. The van der Waals surface area contributed by atoms with E-state index < -0.39 is 24.1 Å². The van der Waals surface area contributed by atoms with E-state index in [1.165, 1.54) is 19.3 Å². The van der Waals surface area contributed by atoms with Gasteiger partial charge in [-0.25, -0.2) is 9.59 Å². The Hall–Kier alpha value is -3.00. The fourth-order valence-electron chi connectivity index (χ4n) is 2.49.